The number of benzene rings is 1. The van der Waals surface area contributed by atoms with E-state index in [1.807, 2.05) is 11.6 Å². The third-order valence-corrected chi connectivity index (χ3v) is 5.87. The zero-order chi connectivity index (χ0) is 18.2. The number of likely N-dealkylation sites (N-methyl/N-ethyl adjacent to an activating group) is 1. The van der Waals surface area contributed by atoms with Crippen LogP contribution in [0.15, 0.2) is 34.0 Å². The van der Waals surface area contributed by atoms with Crippen LogP contribution in [0.1, 0.15) is 21.6 Å². The molecule has 0 aliphatic carbocycles. The number of hydrogen-bond acceptors (Lipinski definition) is 6. The Kier molecular flexibility index (Phi) is 7.42. The molecule has 134 valence electrons. The van der Waals surface area contributed by atoms with Crippen LogP contribution in [0.3, 0.4) is 0 Å². The smallest absolute Gasteiger partial charge is 0.290 e. The summed E-state index contributed by atoms with van der Waals surface area (Å²) in [4.78, 5) is 27.1. The predicted octanol–water partition coefficient (Wildman–Crippen LogP) is 2.35. The van der Waals surface area contributed by atoms with E-state index in [9.17, 15) is 4.79 Å². The van der Waals surface area contributed by atoms with Crippen LogP contribution in [0.25, 0.3) is 0 Å². The summed E-state index contributed by atoms with van der Waals surface area (Å²) < 4.78 is 0.925. The second kappa shape index (κ2) is 9.55. The van der Waals surface area contributed by atoms with Crippen LogP contribution in [0.4, 0.5) is 0 Å². The van der Waals surface area contributed by atoms with Crippen LogP contribution in [0.2, 0.25) is 0 Å². The normalized spacial score (nSPS) is 16.3. The van der Waals surface area contributed by atoms with E-state index in [2.05, 4.69) is 46.5 Å². The van der Waals surface area contributed by atoms with Crippen LogP contribution >= 0.6 is 23.1 Å². The summed E-state index contributed by atoms with van der Waals surface area (Å²) in [7, 11) is 2.11. The van der Waals surface area contributed by atoms with Crippen LogP contribution in [0, 0.1) is 0 Å². The van der Waals surface area contributed by atoms with Gasteiger partial charge in [-0.3, -0.25) is 14.5 Å². The lowest BCUT2D eigenvalue weighted by molar-refractivity contribution is -0.122. The number of hydrogen-bond donors (Lipinski definition) is 2. The first-order valence-electron chi connectivity index (χ1n) is 7.71. The van der Waals surface area contributed by atoms with Crippen LogP contribution < -0.4 is 5.32 Å². The molecule has 1 atom stereocenters. The number of nitrogens with zero attached hydrogens (tertiary/aromatic N) is 2. The molecule has 2 N–H and O–H groups in total. The fourth-order valence-corrected chi connectivity index (χ4v) is 3.94. The molecule has 0 radical (unpaired) electrons. The van der Waals surface area contributed by atoms with Crippen molar-refractivity contribution in [1.29, 1.82) is 0 Å². The van der Waals surface area contributed by atoms with Crippen molar-refractivity contribution in [2.75, 3.05) is 19.8 Å². The molecule has 1 aliphatic rings. The quantitative estimate of drug-likeness (QED) is 0.627. The van der Waals surface area contributed by atoms with Gasteiger partial charge in [0.05, 0.1) is 0 Å². The highest BCUT2D eigenvalue weighted by atomic mass is 32.2. The van der Waals surface area contributed by atoms with Gasteiger partial charge >= 0.3 is 0 Å². The Bertz CT molecular complexity index is 721. The zero-order valence-corrected chi connectivity index (χ0v) is 15.8. The van der Waals surface area contributed by atoms with Crippen molar-refractivity contribution >= 4 is 35.5 Å². The number of amides is 1. The highest BCUT2D eigenvalue weighted by Crippen LogP contribution is 2.22. The van der Waals surface area contributed by atoms with Crippen LogP contribution in [-0.4, -0.2) is 53.3 Å². The van der Waals surface area contributed by atoms with E-state index < -0.39 is 0 Å². The van der Waals surface area contributed by atoms with Crippen molar-refractivity contribution in [3.8, 4) is 0 Å². The number of fused-ring (bicyclic) bond motifs is 1. The third kappa shape index (κ3) is 5.29. The van der Waals surface area contributed by atoms with Crippen LogP contribution in [0.5, 0.6) is 0 Å². The molecule has 2 heterocycles. The van der Waals surface area contributed by atoms with Crippen molar-refractivity contribution in [1.82, 2.24) is 15.2 Å². The molecule has 1 aromatic heterocycles. The lowest BCUT2D eigenvalue weighted by Gasteiger charge is -2.34. The van der Waals surface area contributed by atoms with Crippen molar-refractivity contribution < 1.29 is 14.7 Å². The summed E-state index contributed by atoms with van der Waals surface area (Å²) in [6.45, 7) is 1.33. The summed E-state index contributed by atoms with van der Waals surface area (Å²) in [5.74, 6) is -0.0798. The molecular formula is C17H21N3O3S2. The molecule has 2 aromatic rings. The Labute approximate surface area is 155 Å². The molecule has 0 fully saturated rings. The maximum absolute atomic E-state index is 12.2. The van der Waals surface area contributed by atoms with E-state index in [0.29, 0.717) is 18.3 Å². The van der Waals surface area contributed by atoms with Gasteiger partial charge in [-0.1, -0.05) is 36.0 Å². The summed E-state index contributed by atoms with van der Waals surface area (Å²) in [6.07, 6.45) is 2.94. The van der Waals surface area contributed by atoms with Crippen molar-refractivity contribution in [3.63, 3.8) is 0 Å². The molecule has 0 saturated carbocycles. The number of aromatic nitrogens is 1. The Hall–Kier alpha value is -1.90. The maximum atomic E-state index is 12.2. The summed E-state index contributed by atoms with van der Waals surface area (Å²) in [5, 5.41) is 11.7. The maximum Gasteiger partial charge on any atom is 0.290 e. The SMILES string of the molecule is CSc1nc(C(=O)NCC2Cc3ccccc3CN2C)cs1.O=CO. The molecule has 25 heavy (non-hydrogen) atoms. The fraction of sp³-hybridized carbons (Fsp3) is 0.353. The number of thioether (sulfide) groups is 1. The lowest BCUT2D eigenvalue weighted by Crippen LogP contribution is -2.45. The first-order valence-corrected chi connectivity index (χ1v) is 9.82. The standard InChI is InChI=1S/C16H19N3OS2.CH2O2/c1-19-9-12-6-4-3-5-11(12)7-13(19)8-17-15(20)14-10-22-16(18-14)21-2;2-1-3/h3-6,10,13H,7-9H2,1-2H3,(H,17,20);1H,(H,2,3). The third-order valence-electron chi connectivity index (χ3n) is 4.01. The summed E-state index contributed by atoms with van der Waals surface area (Å²) in [5.41, 5.74) is 3.29. The second-order valence-corrected chi connectivity index (χ2v) is 7.47. The van der Waals surface area contributed by atoms with Crippen molar-refractivity contribution in [2.45, 2.75) is 23.3 Å². The summed E-state index contributed by atoms with van der Waals surface area (Å²) in [6, 6.07) is 8.86. The zero-order valence-electron chi connectivity index (χ0n) is 14.1. The molecule has 1 aliphatic heterocycles. The van der Waals surface area contributed by atoms with E-state index in [4.69, 9.17) is 9.90 Å². The van der Waals surface area contributed by atoms with Gasteiger partial charge in [0.2, 0.25) is 0 Å². The number of carboxylic acid groups (broad SMARTS) is 1. The predicted molar refractivity (Wildman–Crippen MR) is 100 cm³/mol. The number of nitrogens with one attached hydrogen (secondary N) is 1. The molecule has 0 saturated heterocycles. The Balaban J connectivity index is 0.000000701. The van der Waals surface area contributed by atoms with Gasteiger partial charge in [0.15, 0.2) is 0 Å². The topological polar surface area (TPSA) is 82.5 Å². The minimum atomic E-state index is -0.250. The van der Waals surface area contributed by atoms with E-state index in [1.165, 1.54) is 22.5 Å². The van der Waals surface area contributed by atoms with Gasteiger partial charge in [0.25, 0.3) is 12.4 Å². The molecule has 0 bridgehead atoms. The van der Waals surface area contributed by atoms with E-state index in [1.54, 1.807) is 11.8 Å². The van der Waals surface area contributed by atoms with Gasteiger partial charge in [0, 0.05) is 24.5 Å². The Morgan fingerprint density at radius 3 is 2.80 bits per heavy atom. The molecule has 1 unspecified atom stereocenters. The highest BCUT2D eigenvalue weighted by Gasteiger charge is 2.23. The van der Waals surface area contributed by atoms with E-state index in [0.717, 1.165) is 17.3 Å². The molecule has 1 aromatic carbocycles. The number of thiazole rings is 1. The summed E-state index contributed by atoms with van der Waals surface area (Å²) >= 11 is 3.08. The minimum absolute atomic E-state index is 0.0798. The van der Waals surface area contributed by atoms with Gasteiger partial charge in [-0.25, -0.2) is 4.98 Å². The van der Waals surface area contributed by atoms with Gasteiger partial charge in [-0.15, -0.1) is 11.3 Å². The van der Waals surface area contributed by atoms with Gasteiger partial charge in [0.1, 0.15) is 10.0 Å². The number of carbonyl (C=O) groups is 2. The molecule has 0 spiro atoms. The van der Waals surface area contributed by atoms with Gasteiger partial charge in [-0.05, 0) is 30.9 Å². The van der Waals surface area contributed by atoms with Gasteiger partial charge in [-0.2, -0.15) is 0 Å². The van der Waals surface area contributed by atoms with E-state index in [-0.39, 0.29) is 12.4 Å². The Morgan fingerprint density at radius 1 is 1.48 bits per heavy atom. The first kappa shape index (κ1) is 19.4. The lowest BCUT2D eigenvalue weighted by atomic mass is 9.94. The largest absolute Gasteiger partial charge is 0.483 e. The Morgan fingerprint density at radius 2 is 2.16 bits per heavy atom. The number of carbonyl (C=O) groups excluding carboxylic acids is 1. The average molecular weight is 380 g/mol. The van der Waals surface area contributed by atoms with Crippen molar-refractivity contribution in [3.05, 3.63) is 46.5 Å². The van der Waals surface area contributed by atoms with Crippen molar-refractivity contribution in [2.24, 2.45) is 0 Å². The monoisotopic (exact) mass is 379 g/mol. The first-order chi connectivity index (χ1) is 12.1. The molecule has 1 amide bonds. The van der Waals surface area contributed by atoms with Gasteiger partial charge < -0.3 is 10.4 Å². The molecule has 6 nitrogen and oxygen atoms in total. The average Bonchev–Trinajstić information content (AvgIpc) is 3.09. The van der Waals surface area contributed by atoms with Crippen LogP contribution in [-0.2, 0) is 17.8 Å². The fourth-order valence-electron chi connectivity index (χ4n) is 2.70. The van der Waals surface area contributed by atoms with E-state index >= 15 is 0 Å². The minimum Gasteiger partial charge on any atom is -0.483 e. The highest BCUT2D eigenvalue weighted by molar-refractivity contribution is 8.00. The molecule has 3 rings (SSSR count). The molecule has 8 heteroatoms. The number of rotatable bonds is 4. The molecular weight excluding hydrogens is 358 g/mol. The second-order valence-electron chi connectivity index (χ2n) is 5.56.